The highest BCUT2D eigenvalue weighted by atomic mass is 35.5. The monoisotopic (exact) mass is 300 g/mol. The fourth-order valence-electron chi connectivity index (χ4n) is 2.11. The van der Waals surface area contributed by atoms with Crippen LogP contribution in [0.5, 0.6) is 5.75 Å². The SMILES string of the molecule is C[C@@H](Oc1cc2[nH]c(=O)ccc2cc1Cl)c1ccccn1. The fourth-order valence-corrected chi connectivity index (χ4v) is 2.33. The van der Waals surface area contributed by atoms with E-state index in [1.807, 2.05) is 25.1 Å². The van der Waals surface area contributed by atoms with E-state index in [0.29, 0.717) is 16.3 Å². The Labute approximate surface area is 126 Å². The predicted octanol–water partition coefficient (Wildman–Crippen LogP) is 3.72. The molecule has 3 aromatic rings. The van der Waals surface area contributed by atoms with E-state index in [9.17, 15) is 4.79 Å². The number of rotatable bonds is 3. The zero-order valence-electron chi connectivity index (χ0n) is 11.3. The lowest BCUT2D eigenvalue weighted by atomic mass is 10.2. The van der Waals surface area contributed by atoms with Gasteiger partial charge in [0.05, 0.1) is 16.2 Å². The van der Waals surface area contributed by atoms with E-state index in [0.717, 1.165) is 11.1 Å². The minimum absolute atomic E-state index is 0.159. The van der Waals surface area contributed by atoms with Crippen LogP contribution in [0.25, 0.3) is 10.9 Å². The molecule has 4 nitrogen and oxygen atoms in total. The van der Waals surface area contributed by atoms with E-state index in [1.54, 1.807) is 24.4 Å². The molecule has 0 saturated heterocycles. The summed E-state index contributed by atoms with van der Waals surface area (Å²) in [5.74, 6) is 0.518. The van der Waals surface area contributed by atoms with Gasteiger partial charge in [-0.15, -0.1) is 0 Å². The number of benzene rings is 1. The van der Waals surface area contributed by atoms with Gasteiger partial charge in [-0.1, -0.05) is 17.7 Å². The number of H-pyrrole nitrogens is 1. The van der Waals surface area contributed by atoms with E-state index in [-0.39, 0.29) is 11.7 Å². The lowest BCUT2D eigenvalue weighted by Crippen LogP contribution is -2.06. The summed E-state index contributed by atoms with van der Waals surface area (Å²) in [6, 6.07) is 12.3. The van der Waals surface area contributed by atoms with Crippen LogP contribution in [-0.4, -0.2) is 9.97 Å². The average molecular weight is 301 g/mol. The van der Waals surface area contributed by atoms with Crippen LogP contribution in [0, 0.1) is 0 Å². The molecule has 0 unspecified atom stereocenters. The lowest BCUT2D eigenvalue weighted by molar-refractivity contribution is 0.222. The maximum absolute atomic E-state index is 11.4. The second kappa shape index (κ2) is 5.58. The number of aromatic amines is 1. The van der Waals surface area contributed by atoms with Crippen molar-refractivity contribution >= 4 is 22.5 Å². The molecule has 0 amide bonds. The van der Waals surface area contributed by atoms with Crippen molar-refractivity contribution in [2.45, 2.75) is 13.0 Å². The van der Waals surface area contributed by atoms with Crippen molar-refractivity contribution in [3.63, 3.8) is 0 Å². The first kappa shape index (κ1) is 13.6. The zero-order chi connectivity index (χ0) is 14.8. The predicted molar refractivity (Wildman–Crippen MR) is 82.9 cm³/mol. The molecule has 0 aliphatic heterocycles. The maximum atomic E-state index is 11.4. The Morgan fingerprint density at radius 1 is 1.24 bits per heavy atom. The second-order valence-corrected chi connectivity index (χ2v) is 5.11. The van der Waals surface area contributed by atoms with Crippen LogP contribution < -0.4 is 10.3 Å². The van der Waals surface area contributed by atoms with Gasteiger partial charge in [0.25, 0.3) is 0 Å². The van der Waals surface area contributed by atoms with E-state index >= 15 is 0 Å². The van der Waals surface area contributed by atoms with Gasteiger partial charge >= 0.3 is 0 Å². The summed E-state index contributed by atoms with van der Waals surface area (Å²) >= 11 is 6.24. The molecule has 0 bridgehead atoms. The molecular formula is C16H13ClN2O2. The van der Waals surface area contributed by atoms with Crippen LogP contribution in [0.1, 0.15) is 18.7 Å². The van der Waals surface area contributed by atoms with Crippen molar-refractivity contribution in [2.24, 2.45) is 0 Å². The van der Waals surface area contributed by atoms with E-state index in [4.69, 9.17) is 16.3 Å². The molecule has 0 saturated carbocycles. The Morgan fingerprint density at radius 2 is 2.10 bits per heavy atom. The summed E-state index contributed by atoms with van der Waals surface area (Å²) < 4.78 is 5.86. The molecule has 1 atom stereocenters. The molecule has 1 N–H and O–H groups in total. The van der Waals surface area contributed by atoms with E-state index < -0.39 is 0 Å². The number of halogens is 1. The van der Waals surface area contributed by atoms with Crippen molar-refractivity contribution in [3.05, 3.63) is 69.7 Å². The number of nitrogens with one attached hydrogen (secondary N) is 1. The number of ether oxygens (including phenoxy) is 1. The first-order valence-electron chi connectivity index (χ1n) is 6.53. The van der Waals surface area contributed by atoms with Gasteiger partial charge in [0.1, 0.15) is 11.9 Å². The molecule has 2 heterocycles. The van der Waals surface area contributed by atoms with Crippen molar-refractivity contribution in [1.82, 2.24) is 9.97 Å². The smallest absolute Gasteiger partial charge is 0.248 e. The topological polar surface area (TPSA) is 55.0 Å². The summed E-state index contributed by atoms with van der Waals surface area (Å²) in [6.45, 7) is 1.90. The minimum Gasteiger partial charge on any atom is -0.483 e. The molecule has 0 spiro atoms. The molecule has 5 heteroatoms. The quantitative estimate of drug-likeness (QED) is 0.802. The summed E-state index contributed by atoms with van der Waals surface area (Å²) in [5.41, 5.74) is 1.35. The summed E-state index contributed by atoms with van der Waals surface area (Å²) in [6.07, 6.45) is 1.48. The van der Waals surface area contributed by atoms with Crippen LogP contribution in [0.3, 0.4) is 0 Å². The van der Waals surface area contributed by atoms with Gasteiger partial charge in [-0.25, -0.2) is 0 Å². The number of pyridine rings is 2. The third-order valence-electron chi connectivity index (χ3n) is 3.18. The number of aromatic nitrogens is 2. The molecule has 0 radical (unpaired) electrons. The minimum atomic E-state index is -0.239. The highest BCUT2D eigenvalue weighted by molar-refractivity contribution is 6.32. The Balaban J connectivity index is 1.96. The highest BCUT2D eigenvalue weighted by Crippen LogP contribution is 2.31. The van der Waals surface area contributed by atoms with Crippen LogP contribution >= 0.6 is 11.6 Å². The van der Waals surface area contributed by atoms with Crippen LogP contribution in [0.4, 0.5) is 0 Å². The molecule has 21 heavy (non-hydrogen) atoms. The molecule has 0 fully saturated rings. The van der Waals surface area contributed by atoms with Crippen molar-refractivity contribution in [3.8, 4) is 5.75 Å². The summed E-state index contributed by atoms with van der Waals surface area (Å²) in [5, 5.41) is 1.36. The Kier molecular flexibility index (Phi) is 3.62. The summed E-state index contributed by atoms with van der Waals surface area (Å²) in [7, 11) is 0. The normalized spacial score (nSPS) is 12.3. The third kappa shape index (κ3) is 2.90. The molecule has 2 aromatic heterocycles. The number of nitrogens with zero attached hydrogens (tertiary/aromatic N) is 1. The summed E-state index contributed by atoms with van der Waals surface area (Å²) in [4.78, 5) is 18.4. The zero-order valence-corrected chi connectivity index (χ0v) is 12.1. The van der Waals surface area contributed by atoms with Crippen LogP contribution in [0.15, 0.2) is 53.5 Å². The molecule has 0 aliphatic rings. The molecular weight excluding hydrogens is 288 g/mol. The molecule has 106 valence electrons. The van der Waals surface area contributed by atoms with Crippen molar-refractivity contribution in [1.29, 1.82) is 0 Å². The molecule has 3 rings (SSSR count). The van der Waals surface area contributed by atoms with Crippen LogP contribution in [-0.2, 0) is 0 Å². The third-order valence-corrected chi connectivity index (χ3v) is 3.48. The van der Waals surface area contributed by atoms with Gasteiger partial charge in [-0.3, -0.25) is 9.78 Å². The lowest BCUT2D eigenvalue weighted by Gasteiger charge is -2.15. The average Bonchev–Trinajstić information content (AvgIpc) is 2.49. The number of fused-ring (bicyclic) bond motifs is 1. The molecule has 0 aliphatic carbocycles. The van der Waals surface area contributed by atoms with Gasteiger partial charge in [-0.2, -0.15) is 0 Å². The first-order valence-corrected chi connectivity index (χ1v) is 6.91. The maximum Gasteiger partial charge on any atom is 0.248 e. The van der Waals surface area contributed by atoms with Crippen molar-refractivity contribution < 1.29 is 4.74 Å². The fraction of sp³-hybridized carbons (Fsp3) is 0.125. The highest BCUT2D eigenvalue weighted by Gasteiger charge is 2.12. The number of hydrogen-bond donors (Lipinski definition) is 1. The number of hydrogen-bond acceptors (Lipinski definition) is 3. The first-order chi connectivity index (χ1) is 10.1. The molecule has 1 aromatic carbocycles. The second-order valence-electron chi connectivity index (χ2n) is 4.71. The Bertz CT molecular complexity index is 831. The van der Waals surface area contributed by atoms with Crippen molar-refractivity contribution in [2.75, 3.05) is 0 Å². The Hall–Kier alpha value is -2.33. The van der Waals surface area contributed by atoms with E-state index in [2.05, 4.69) is 9.97 Å². The van der Waals surface area contributed by atoms with Gasteiger partial charge in [0.15, 0.2) is 0 Å². The van der Waals surface area contributed by atoms with Gasteiger partial charge in [0, 0.05) is 18.3 Å². The standard InChI is InChI=1S/C16H13ClN2O2/c1-10(13-4-2-3-7-18-13)21-15-9-14-11(8-12(15)17)5-6-16(20)19-14/h2-10H,1H3,(H,19,20)/t10-/m1/s1. The van der Waals surface area contributed by atoms with E-state index in [1.165, 1.54) is 6.07 Å². The van der Waals surface area contributed by atoms with Gasteiger partial charge in [-0.05, 0) is 36.6 Å². The Morgan fingerprint density at radius 3 is 2.86 bits per heavy atom. The van der Waals surface area contributed by atoms with Gasteiger partial charge in [0.2, 0.25) is 5.56 Å². The van der Waals surface area contributed by atoms with Gasteiger partial charge < -0.3 is 9.72 Å². The van der Waals surface area contributed by atoms with Crippen LogP contribution in [0.2, 0.25) is 5.02 Å². The largest absolute Gasteiger partial charge is 0.483 e.